The van der Waals surface area contributed by atoms with Gasteiger partial charge in [-0.15, -0.1) is 0 Å². The van der Waals surface area contributed by atoms with E-state index in [-0.39, 0.29) is 0 Å². The first-order valence-corrected chi connectivity index (χ1v) is 6.30. The Hall–Kier alpha value is -1.26. The van der Waals surface area contributed by atoms with Gasteiger partial charge in [-0.3, -0.25) is 0 Å². The Morgan fingerprint density at radius 3 is 2.50 bits per heavy atom. The Bertz CT molecular complexity index is 367. The summed E-state index contributed by atoms with van der Waals surface area (Å²) < 4.78 is 10.8. The third-order valence-corrected chi connectivity index (χ3v) is 2.96. The number of nitrogens with one attached hydrogen (secondary N) is 2. The van der Waals surface area contributed by atoms with Crippen LogP contribution >= 0.6 is 0 Å². The molecule has 0 radical (unpaired) electrons. The highest BCUT2D eigenvalue weighted by Gasteiger charge is 2.10. The molecule has 2 N–H and O–H groups in total. The van der Waals surface area contributed by atoms with Crippen molar-refractivity contribution < 1.29 is 9.47 Å². The van der Waals surface area contributed by atoms with E-state index < -0.39 is 0 Å². The molecular formula is C14H24N2O2. The Labute approximate surface area is 110 Å². The minimum atomic E-state index is 0.817. The fourth-order valence-corrected chi connectivity index (χ4v) is 1.99. The smallest absolute Gasteiger partial charge is 0.129 e. The zero-order chi connectivity index (χ0) is 13.4. The highest BCUT2D eigenvalue weighted by Crippen LogP contribution is 2.31. The first-order chi connectivity index (χ1) is 8.74. The van der Waals surface area contributed by atoms with E-state index in [4.69, 9.17) is 9.47 Å². The van der Waals surface area contributed by atoms with Crippen LogP contribution in [0.25, 0.3) is 0 Å². The predicted octanol–water partition coefficient (Wildman–Crippen LogP) is 1.71. The molecule has 0 saturated carbocycles. The molecule has 4 nitrogen and oxygen atoms in total. The van der Waals surface area contributed by atoms with Crippen molar-refractivity contribution in [3.63, 3.8) is 0 Å². The number of rotatable bonds is 8. The van der Waals surface area contributed by atoms with Crippen molar-refractivity contribution in [2.24, 2.45) is 0 Å². The molecule has 0 unspecified atom stereocenters. The summed E-state index contributed by atoms with van der Waals surface area (Å²) in [5, 5.41) is 6.55. The van der Waals surface area contributed by atoms with Gasteiger partial charge in [0.1, 0.15) is 11.5 Å². The maximum absolute atomic E-state index is 5.46. The van der Waals surface area contributed by atoms with Gasteiger partial charge in [0.2, 0.25) is 0 Å². The molecule has 1 rings (SSSR count). The molecule has 1 aromatic carbocycles. The van der Waals surface area contributed by atoms with Crippen LogP contribution in [0.1, 0.15) is 17.5 Å². The molecule has 0 heterocycles. The van der Waals surface area contributed by atoms with Gasteiger partial charge >= 0.3 is 0 Å². The summed E-state index contributed by atoms with van der Waals surface area (Å²) in [5.74, 6) is 1.78. The van der Waals surface area contributed by atoms with E-state index in [1.165, 1.54) is 5.56 Å². The maximum atomic E-state index is 5.46. The average Bonchev–Trinajstić information content (AvgIpc) is 2.39. The molecule has 1 aromatic rings. The normalized spacial score (nSPS) is 10.4. The molecule has 0 bridgehead atoms. The first-order valence-electron chi connectivity index (χ1n) is 6.30. The Kier molecular flexibility index (Phi) is 6.54. The lowest BCUT2D eigenvalue weighted by atomic mass is 10.1. The van der Waals surface area contributed by atoms with Gasteiger partial charge in [-0.2, -0.15) is 0 Å². The van der Waals surface area contributed by atoms with Gasteiger partial charge < -0.3 is 20.1 Å². The summed E-state index contributed by atoms with van der Waals surface area (Å²) >= 11 is 0. The van der Waals surface area contributed by atoms with Crippen LogP contribution in [0.3, 0.4) is 0 Å². The summed E-state index contributed by atoms with van der Waals surface area (Å²) in [5.41, 5.74) is 2.22. The fourth-order valence-electron chi connectivity index (χ4n) is 1.99. The van der Waals surface area contributed by atoms with Crippen LogP contribution in [0.2, 0.25) is 0 Å². The van der Waals surface area contributed by atoms with Gasteiger partial charge in [-0.25, -0.2) is 0 Å². The van der Waals surface area contributed by atoms with Crippen LogP contribution in [0.15, 0.2) is 12.1 Å². The van der Waals surface area contributed by atoms with Gasteiger partial charge in [0.25, 0.3) is 0 Å². The quantitative estimate of drug-likeness (QED) is 0.691. The largest absolute Gasteiger partial charge is 0.496 e. The van der Waals surface area contributed by atoms with Crippen molar-refractivity contribution >= 4 is 0 Å². The summed E-state index contributed by atoms with van der Waals surface area (Å²) in [7, 11) is 5.35. The molecule has 0 atom stereocenters. The minimum absolute atomic E-state index is 0.817. The molecule has 0 aliphatic carbocycles. The monoisotopic (exact) mass is 252 g/mol. The summed E-state index contributed by atoms with van der Waals surface area (Å²) in [4.78, 5) is 0. The van der Waals surface area contributed by atoms with E-state index in [9.17, 15) is 0 Å². The van der Waals surface area contributed by atoms with Crippen LogP contribution in [0, 0.1) is 6.92 Å². The predicted molar refractivity (Wildman–Crippen MR) is 74.5 cm³/mol. The summed E-state index contributed by atoms with van der Waals surface area (Å²) in [6.45, 7) is 4.86. The second-order valence-electron chi connectivity index (χ2n) is 4.22. The van der Waals surface area contributed by atoms with E-state index in [1.54, 1.807) is 14.2 Å². The zero-order valence-corrected chi connectivity index (χ0v) is 11.8. The lowest BCUT2D eigenvalue weighted by Crippen LogP contribution is -2.19. The molecule has 0 amide bonds. The molecule has 0 spiro atoms. The molecule has 102 valence electrons. The number of methoxy groups -OCH3 is 2. The topological polar surface area (TPSA) is 42.5 Å². The number of benzene rings is 1. The van der Waals surface area contributed by atoms with Crippen molar-refractivity contribution in [3.05, 3.63) is 23.3 Å². The van der Waals surface area contributed by atoms with Crippen LogP contribution in [-0.4, -0.2) is 34.4 Å². The molecule has 0 aliphatic heterocycles. The van der Waals surface area contributed by atoms with E-state index >= 15 is 0 Å². The molecule has 0 fully saturated rings. The lowest BCUT2D eigenvalue weighted by Gasteiger charge is -2.15. The highest BCUT2D eigenvalue weighted by molar-refractivity contribution is 5.49. The van der Waals surface area contributed by atoms with Crippen molar-refractivity contribution in [3.8, 4) is 11.5 Å². The summed E-state index contributed by atoms with van der Waals surface area (Å²) in [6, 6.07) is 4.04. The van der Waals surface area contributed by atoms with E-state index in [0.29, 0.717) is 0 Å². The van der Waals surface area contributed by atoms with E-state index in [0.717, 1.165) is 43.1 Å². The zero-order valence-electron chi connectivity index (χ0n) is 11.8. The number of hydrogen-bond acceptors (Lipinski definition) is 4. The van der Waals surface area contributed by atoms with Gasteiger partial charge in [0.15, 0.2) is 0 Å². The maximum Gasteiger partial charge on any atom is 0.129 e. The minimum Gasteiger partial charge on any atom is -0.496 e. The van der Waals surface area contributed by atoms with Crippen molar-refractivity contribution in [1.29, 1.82) is 0 Å². The lowest BCUT2D eigenvalue weighted by molar-refractivity contribution is 0.384. The Morgan fingerprint density at radius 2 is 1.89 bits per heavy atom. The van der Waals surface area contributed by atoms with Gasteiger partial charge in [0, 0.05) is 17.7 Å². The average molecular weight is 252 g/mol. The molecule has 4 heteroatoms. The second-order valence-corrected chi connectivity index (χ2v) is 4.22. The van der Waals surface area contributed by atoms with Crippen LogP contribution in [0.4, 0.5) is 0 Å². The molecule has 0 aromatic heterocycles. The van der Waals surface area contributed by atoms with Crippen LogP contribution < -0.4 is 20.1 Å². The highest BCUT2D eigenvalue weighted by atomic mass is 16.5. The van der Waals surface area contributed by atoms with Gasteiger partial charge in [-0.05, 0) is 39.5 Å². The van der Waals surface area contributed by atoms with E-state index in [2.05, 4.69) is 16.7 Å². The van der Waals surface area contributed by atoms with Gasteiger partial charge in [0.05, 0.1) is 14.2 Å². The second kappa shape index (κ2) is 7.95. The molecule has 18 heavy (non-hydrogen) atoms. The fraction of sp³-hybridized carbons (Fsp3) is 0.571. The first kappa shape index (κ1) is 14.8. The molecule has 0 aliphatic rings. The Morgan fingerprint density at radius 1 is 1.11 bits per heavy atom. The van der Waals surface area contributed by atoms with E-state index in [1.807, 2.05) is 20.0 Å². The third kappa shape index (κ3) is 3.89. The number of hydrogen-bond donors (Lipinski definition) is 2. The van der Waals surface area contributed by atoms with Crippen molar-refractivity contribution in [2.45, 2.75) is 19.9 Å². The standard InChI is InChI=1S/C14H24N2O2/c1-11-13(17-3)7-6-12(14(11)18-4)10-16-9-5-8-15-2/h6-7,15-16H,5,8-10H2,1-4H3. The molecule has 0 saturated heterocycles. The molecular weight excluding hydrogens is 228 g/mol. The number of ether oxygens (including phenoxy) is 2. The van der Waals surface area contributed by atoms with Crippen molar-refractivity contribution in [2.75, 3.05) is 34.4 Å². The van der Waals surface area contributed by atoms with Gasteiger partial charge in [-0.1, -0.05) is 6.07 Å². The third-order valence-electron chi connectivity index (χ3n) is 2.96. The van der Waals surface area contributed by atoms with Crippen LogP contribution in [0.5, 0.6) is 11.5 Å². The van der Waals surface area contributed by atoms with Crippen molar-refractivity contribution in [1.82, 2.24) is 10.6 Å². The summed E-state index contributed by atoms with van der Waals surface area (Å²) in [6.07, 6.45) is 1.12. The SMILES string of the molecule is CNCCCNCc1ccc(OC)c(C)c1OC. The van der Waals surface area contributed by atoms with Crippen LogP contribution in [-0.2, 0) is 6.54 Å². The Balaban J connectivity index is 2.62.